The van der Waals surface area contributed by atoms with Crippen LogP contribution in [0.4, 0.5) is 10.5 Å². The average molecular weight is 324 g/mol. The van der Waals surface area contributed by atoms with Crippen molar-refractivity contribution in [2.24, 2.45) is 5.92 Å². The first-order valence-corrected chi connectivity index (χ1v) is 7.34. The molecule has 0 aliphatic carbocycles. The predicted octanol–water partition coefficient (Wildman–Crippen LogP) is 2.41. The Labute approximate surface area is 136 Å². The molecule has 1 rings (SSSR count). The van der Waals surface area contributed by atoms with Gasteiger partial charge in [0.2, 0.25) is 0 Å². The van der Waals surface area contributed by atoms with Gasteiger partial charge < -0.3 is 24.8 Å². The van der Waals surface area contributed by atoms with E-state index in [1.807, 2.05) is 13.8 Å². The molecule has 0 saturated carbocycles. The average Bonchev–Trinajstić information content (AvgIpc) is 2.58. The molecule has 7 nitrogen and oxygen atoms in total. The number of benzene rings is 1. The van der Waals surface area contributed by atoms with Gasteiger partial charge in [-0.3, -0.25) is 0 Å². The molecule has 0 fully saturated rings. The van der Waals surface area contributed by atoms with Crippen LogP contribution in [-0.2, 0) is 9.53 Å². The largest absolute Gasteiger partial charge is 0.497 e. The minimum atomic E-state index is -0.721. The zero-order valence-electron chi connectivity index (χ0n) is 14.1. The van der Waals surface area contributed by atoms with Crippen molar-refractivity contribution >= 4 is 17.7 Å². The molecular weight excluding hydrogens is 300 g/mol. The SMILES string of the molecule is CC[C@@H](C)[C@H](NC(=O)Nc1cc(OC)ccc1OC)C(=O)OC. The van der Waals surface area contributed by atoms with Crippen LogP contribution < -0.4 is 20.1 Å². The van der Waals surface area contributed by atoms with Crippen LogP contribution in [0.15, 0.2) is 18.2 Å². The molecule has 0 aliphatic rings. The van der Waals surface area contributed by atoms with Crippen molar-refractivity contribution in [1.82, 2.24) is 5.32 Å². The van der Waals surface area contributed by atoms with E-state index in [2.05, 4.69) is 10.6 Å². The van der Waals surface area contributed by atoms with Gasteiger partial charge in [-0.05, 0) is 18.1 Å². The second-order valence-corrected chi connectivity index (χ2v) is 5.05. The van der Waals surface area contributed by atoms with E-state index in [1.54, 1.807) is 18.2 Å². The number of carbonyl (C=O) groups is 2. The van der Waals surface area contributed by atoms with Crippen LogP contribution in [0.1, 0.15) is 20.3 Å². The van der Waals surface area contributed by atoms with Crippen LogP contribution in [0.5, 0.6) is 11.5 Å². The molecule has 0 saturated heterocycles. The fraction of sp³-hybridized carbons (Fsp3) is 0.500. The second-order valence-electron chi connectivity index (χ2n) is 5.05. The summed E-state index contributed by atoms with van der Waals surface area (Å²) < 4.78 is 15.1. The highest BCUT2D eigenvalue weighted by Crippen LogP contribution is 2.28. The van der Waals surface area contributed by atoms with E-state index in [9.17, 15) is 9.59 Å². The normalized spacial score (nSPS) is 12.7. The van der Waals surface area contributed by atoms with Gasteiger partial charge in [-0.1, -0.05) is 20.3 Å². The molecule has 2 amide bonds. The number of rotatable bonds is 7. The van der Waals surface area contributed by atoms with Crippen molar-refractivity contribution in [3.8, 4) is 11.5 Å². The molecule has 7 heteroatoms. The summed E-state index contributed by atoms with van der Waals surface area (Å²) in [6.07, 6.45) is 0.725. The van der Waals surface area contributed by atoms with Crippen molar-refractivity contribution in [3.05, 3.63) is 18.2 Å². The lowest BCUT2D eigenvalue weighted by atomic mass is 9.99. The Bertz CT molecular complexity index is 547. The number of methoxy groups -OCH3 is 3. The van der Waals surface area contributed by atoms with Gasteiger partial charge >= 0.3 is 12.0 Å². The van der Waals surface area contributed by atoms with E-state index in [0.717, 1.165) is 6.42 Å². The van der Waals surface area contributed by atoms with Crippen molar-refractivity contribution in [1.29, 1.82) is 0 Å². The molecule has 23 heavy (non-hydrogen) atoms. The summed E-state index contributed by atoms with van der Waals surface area (Å²) in [5, 5.41) is 5.30. The van der Waals surface area contributed by atoms with Gasteiger partial charge in [0, 0.05) is 6.07 Å². The van der Waals surface area contributed by atoms with Crippen molar-refractivity contribution in [2.45, 2.75) is 26.3 Å². The lowest BCUT2D eigenvalue weighted by Gasteiger charge is -2.22. The maximum atomic E-state index is 12.2. The molecule has 1 aromatic carbocycles. The molecule has 2 atom stereocenters. The van der Waals surface area contributed by atoms with E-state index in [0.29, 0.717) is 17.2 Å². The smallest absolute Gasteiger partial charge is 0.328 e. The molecule has 1 aromatic rings. The fourth-order valence-corrected chi connectivity index (χ4v) is 2.01. The Morgan fingerprint density at radius 3 is 2.39 bits per heavy atom. The van der Waals surface area contributed by atoms with Crippen molar-refractivity contribution in [2.75, 3.05) is 26.6 Å². The summed E-state index contributed by atoms with van der Waals surface area (Å²) in [5.41, 5.74) is 0.442. The first-order chi connectivity index (χ1) is 11.0. The summed E-state index contributed by atoms with van der Waals surface area (Å²) >= 11 is 0. The second kappa shape index (κ2) is 8.87. The number of hydrogen-bond donors (Lipinski definition) is 2. The molecule has 128 valence electrons. The number of carbonyl (C=O) groups excluding carboxylic acids is 2. The first kappa shape index (κ1) is 18.6. The van der Waals surface area contributed by atoms with Crippen LogP contribution in [0, 0.1) is 5.92 Å². The van der Waals surface area contributed by atoms with Crippen LogP contribution in [0.3, 0.4) is 0 Å². The van der Waals surface area contributed by atoms with Crippen LogP contribution in [0.2, 0.25) is 0 Å². The highest BCUT2D eigenvalue weighted by Gasteiger charge is 2.26. The lowest BCUT2D eigenvalue weighted by molar-refractivity contribution is -0.144. The number of esters is 1. The Kier molecular flexibility index (Phi) is 7.18. The van der Waals surface area contributed by atoms with Gasteiger partial charge in [0.15, 0.2) is 0 Å². The van der Waals surface area contributed by atoms with Gasteiger partial charge in [0.05, 0.1) is 27.0 Å². The van der Waals surface area contributed by atoms with E-state index >= 15 is 0 Å². The predicted molar refractivity (Wildman–Crippen MR) is 87.0 cm³/mol. The number of ether oxygens (including phenoxy) is 3. The Hall–Kier alpha value is -2.44. The molecule has 0 bridgehead atoms. The summed E-state index contributed by atoms with van der Waals surface area (Å²) in [4.78, 5) is 24.0. The van der Waals surface area contributed by atoms with Gasteiger partial charge in [-0.25, -0.2) is 9.59 Å². The molecule has 0 aliphatic heterocycles. The van der Waals surface area contributed by atoms with E-state index < -0.39 is 18.0 Å². The minimum absolute atomic E-state index is 0.0552. The summed E-state index contributed by atoms with van der Waals surface area (Å²) in [7, 11) is 4.32. The maximum absolute atomic E-state index is 12.2. The third kappa shape index (κ3) is 5.05. The lowest BCUT2D eigenvalue weighted by Crippen LogP contribution is -2.47. The first-order valence-electron chi connectivity index (χ1n) is 7.34. The van der Waals surface area contributed by atoms with Gasteiger partial charge in [0.1, 0.15) is 17.5 Å². The zero-order valence-corrected chi connectivity index (χ0v) is 14.1. The standard InChI is InChI=1S/C16H24N2O5/c1-6-10(2)14(15(19)23-5)18-16(20)17-12-9-11(21-3)7-8-13(12)22-4/h7-10,14H,6H2,1-5H3,(H2,17,18,20)/t10-,14+/m1/s1. The molecule has 0 unspecified atom stereocenters. The molecule has 0 heterocycles. The van der Waals surface area contributed by atoms with E-state index in [4.69, 9.17) is 14.2 Å². The van der Waals surface area contributed by atoms with Gasteiger partial charge in [-0.15, -0.1) is 0 Å². The monoisotopic (exact) mass is 324 g/mol. The number of amides is 2. The fourth-order valence-electron chi connectivity index (χ4n) is 2.01. The van der Waals surface area contributed by atoms with Gasteiger partial charge in [0.25, 0.3) is 0 Å². The van der Waals surface area contributed by atoms with Crippen LogP contribution in [0.25, 0.3) is 0 Å². The van der Waals surface area contributed by atoms with Crippen LogP contribution in [-0.4, -0.2) is 39.4 Å². The molecule has 0 aromatic heterocycles. The van der Waals surface area contributed by atoms with Gasteiger partial charge in [-0.2, -0.15) is 0 Å². The molecule has 2 N–H and O–H groups in total. The van der Waals surface area contributed by atoms with E-state index in [1.165, 1.54) is 21.3 Å². The summed E-state index contributed by atoms with van der Waals surface area (Å²) in [6.45, 7) is 3.80. The zero-order chi connectivity index (χ0) is 17.4. The highest BCUT2D eigenvalue weighted by molar-refractivity contribution is 5.94. The third-order valence-corrected chi connectivity index (χ3v) is 3.61. The minimum Gasteiger partial charge on any atom is -0.497 e. The number of nitrogens with one attached hydrogen (secondary N) is 2. The highest BCUT2D eigenvalue weighted by atomic mass is 16.5. The molecule has 0 spiro atoms. The number of anilines is 1. The number of hydrogen-bond acceptors (Lipinski definition) is 5. The Balaban J connectivity index is 2.87. The number of urea groups is 1. The molecular formula is C16H24N2O5. The van der Waals surface area contributed by atoms with Crippen LogP contribution >= 0.6 is 0 Å². The summed E-state index contributed by atoms with van der Waals surface area (Å²) in [5.74, 6) is 0.527. The molecule has 0 radical (unpaired) electrons. The topological polar surface area (TPSA) is 85.9 Å². The Morgan fingerprint density at radius 1 is 1.17 bits per heavy atom. The maximum Gasteiger partial charge on any atom is 0.328 e. The third-order valence-electron chi connectivity index (χ3n) is 3.61. The van der Waals surface area contributed by atoms with Crippen molar-refractivity contribution in [3.63, 3.8) is 0 Å². The quantitative estimate of drug-likeness (QED) is 0.752. The van der Waals surface area contributed by atoms with Crippen molar-refractivity contribution < 1.29 is 23.8 Å². The van der Waals surface area contributed by atoms with E-state index in [-0.39, 0.29) is 5.92 Å². The Morgan fingerprint density at radius 2 is 1.87 bits per heavy atom. The summed E-state index contributed by atoms with van der Waals surface area (Å²) in [6, 6.07) is 3.79.